The standard InChI is InChI=1S/C23H28FN3O2/c1-17-4-2-7-20(26-17)16-27-12-10-23(11-13-27)9-8-21(29-23)15-25-22(28)18-5-3-6-19(24)14-18/h2-7,14,21H,8-13,15-16H2,1H3,(H,25,28). The van der Waals surface area contributed by atoms with Crippen molar-refractivity contribution in [1.29, 1.82) is 0 Å². The van der Waals surface area contributed by atoms with Crippen LogP contribution in [0.25, 0.3) is 0 Å². The molecular formula is C23H28FN3O2. The first kappa shape index (κ1) is 20.0. The number of carbonyl (C=O) groups is 1. The van der Waals surface area contributed by atoms with E-state index in [0.29, 0.717) is 12.1 Å². The molecule has 2 saturated heterocycles. The molecule has 5 nitrogen and oxygen atoms in total. The molecule has 2 fully saturated rings. The van der Waals surface area contributed by atoms with Crippen LogP contribution in [0.2, 0.25) is 0 Å². The van der Waals surface area contributed by atoms with E-state index in [2.05, 4.69) is 27.3 Å². The van der Waals surface area contributed by atoms with E-state index in [1.54, 1.807) is 12.1 Å². The Morgan fingerprint density at radius 3 is 2.79 bits per heavy atom. The summed E-state index contributed by atoms with van der Waals surface area (Å²) in [5, 5.41) is 2.89. The highest BCUT2D eigenvalue weighted by molar-refractivity contribution is 5.94. The molecule has 154 valence electrons. The molecular weight excluding hydrogens is 369 g/mol. The Balaban J connectivity index is 1.24. The maximum atomic E-state index is 13.3. The lowest BCUT2D eigenvalue weighted by molar-refractivity contribution is -0.0765. The van der Waals surface area contributed by atoms with Gasteiger partial charge in [-0.2, -0.15) is 0 Å². The molecule has 2 aliphatic heterocycles. The quantitative estimate of drug-likeness (QED) is 0.839. The number of carbonyl (C=O) groups excluding carboxylic acids is 1. The molecule has 4 rings (SSSR count). The molecule has 1 aromatic carbocycles. The number of rotatable bonds is 5. The topological polar surface area (TPSA) is 54.5 Å². The Bertz CT molecular complexity index is 865. The molecule has 29 heavy (non-hydrogen) atoms. The van der Waals surface area contributed by atoms with Crippen molar-refractivity contribution in [2.75, 3.05) is 19.6 Å². The number of halogens is 1. The van der Waals surface area contributed by atoms with Crippen LogP contribution in [0.1, 0.15) is 47.4 Å². The molecule has 1 spiro atoms. The van der Waals surface area contributed by atoms with Crippen molar-refractivity contribution in [1.82, 2.24) is 15.2 Å². The van der Waals surface area contributed by atoms with Gasteiger partial charge in [-0.25, -0.2) is 4.39 Å². The Morgan fingerprint density at radius 2 is 2.03 bits per heavy atom. The number of piperidine rings is 1. The van der Waals surface area contributed by atoms with Gasteiger partial charge < -0.3 is 10.1 Å². The first-order valence-electron chi connectivity index (χ1n) is 10.4. The van der Waals surface area contributed by atoms with E-state index >= 15 is 0 Å². The van der Waals surface area contributed by atoms with Gasteiger partial charge in [0, 0.05) is 37.4 Å². The predicted octanol–water partition coefficient (Wildman–Crippen LogP) is 3.47. The minimum atomic E-state index is -0.402. The lowest BCUT2D eigenvalue weighted by atomic mass is 9.88. The van der Waals surface area contributed by atoms with Crippen LogP contribution < -0.4 is 5.32 Å². The van der Waals surface area contributed by atoms with E-state index in [1.165, 1.54) is 12.1 Å². The molecule has 2 aromatic rings. The van der Waals surface area contributed by atoms with Crippen molar-refractivity contribution in [3.05, 3.63) is 65.2 Å². The molecule has 2 aliphatic rings. The zero-order chi connectivity index (χ0) is 20.3. The monoisotopic (exact) mass is 397 g/mol. The second-order valence-electron chi connectivity index (χ2n) is 8.23. The fourth-order valence-electron chi connectivity index (χ4n) is 4.38. The molecule has 1 amide bonds. The number of nitrogens with zero attached hydrogens (tertiary/aromatic N) is 2. The highest BCUT2D eigenvalue weighted by Crippen LogP contribution is 2.39. The summed E-state index contributed by atoms with van der Waals surface area (Å²) < 4.78 is 19.7. The van der Waals surface area contributed by atoms with Gasteiger partial charge >= 0.3 is 0 Å². The molecule has 0 aliphatic carbocycles. The van der Waals surface area contributed by atoms with E-state index in [4.69, 9.17) is 4.74 Å². The van der Waals surface area contributed by atoms with E-state index in [1.807, 2.05) is 13.0 Å². The van der Waals surface area contributed by atoms with E-state index < -0.39 is 5.82 Å². The molecule has 0 radical (unpaired) electrons. The van der Waals surface area contributed by atoms with Crippen molar-refractivity contribution < 1.29 is 13.9 Å². The highest BCUT2D eigenvalue weighted by atomic mass is 19.1. The SMILES string of the molecule is Cc1cccc(CN2CCC3(CCC(CNC(=O)c4cccc(F)c4)O3)CC2)n1. The van der Waals surface area contributed by atoms with Crippen LogP contribution in [0.5, 0.6) is 0 Å². The molecule has 3 heterocycles. The largest absolute Gasteiger partial charge is 0.370 e. The fourth-order valence-corrected chi connectivity index (χ4v) is 4.38. The molecule has 0 saturated carbocycles. The summed E-state index contributed by atoms with van der Waals surface area (Å²) in [5.74, 6) is -0.657. The summed E-state index contributed by atoms with van der Waals surface area (Å²) in [6.07, 6.45) is 4.02. The first-order chi connectivity index (χ1) is 14.0. The number of hydrogen-bond acceptors (Lipinski definition) is 4. The summed E-state index contributed by atoms with van der Waals surface area (Å²) in [5.41, 5.74) is 2.45. The third kappa shape index (κ3) is 5.00. The van der Waals surface area contributed by atoms with Crippen LogP contribution in [0.3, 0.4) is 0 Å². The second kappa shape index (κ2) is 8.59. The van der Waals surface area contributed by atoms with Crippen LogP contribution in [0.4, 0.5) is 4.39 Å². The minimum absolute atomic E-state index is 0.0255. The number of benzene rings is 1. The maximum Gasteiger partial charge on any atom is 0.251 e. The number of aryl methyl sites for hydroxylation is 1. The average Bonchev–Trinajstić information content (AvgIpc) is 3.11. The Morgan fingerprint density at radius 1 is 1.24 bits per heavy atom. The number of ether oxygens (including phenoxy) is 1. The molecule has 1 N–H and O–H groups in total. The number of nitrogens with one attached hydrogen (secondary N) is 1. The van der Waals surface area contributed by atoms with Crippen LogP contribution in [-0.4, -0.2) is 47.1 Å². The number of aromatic nitrogens is 1. The maximum absolute atomic E-state index is 13.3. The number of pyridine rings is 1. The number of amides is 1. The zero-order valence-electron chi connectivity index (χ0n) is 16.9. The summed E-state index contributed by atoms with van der Waals surface area (Å²) in [6.45, 7) is 5.36. The van der Waals surface area contributed by atoms with E-state index in [0.717, 1.165) is 56.7 Å². The van der Waals surface area contributed by atoms with Gasteiger partial charge in [-0.05, 0) is 62.9 Å². The molecule has 1 unspecified atom stereocenters. The summed E-state index contributed by atoms with van der Waals surface area (Å²) in [6, 6.07) is 11.9. The van der Waals surface area contributed by atoms with Gasteiger partial charge in [0.2, 0.25) is 0 Å². The van der Waals surface area contributed by atoms with Gasteiger partial charge in [0.1, 0.15) is 5.82 Å². The number of hydrogen-bond donors (Lipinski definition) is 1. The van der Waals surface area contributed by atoms with E-state index in [-0.39, 0.29) is 17.6 Å². The fraction of sp³-hybridized carbons (Fsp3) is 0.478. The van der Waals surface area contributed by atoms with Crippen molar-refractivity contribution >= 4 is 5.91 Å². The first-order valence-corrected chi connectivity index (χ1v) is 10.4. The van der Waals surface area contributed by atoms with Crippen molar-refractivity contribution in [3.63, 3.8) is 0 Å². The Kier molecular flexibility index (Phi) is 5.92. The number of likely N-dealkylation sites (tertiary alicyclic amines) is 1. The van der Waals surface area contributed by atoms with Crippen molar-refractivity contribution in [2.24, 2.45) is 0 Å². The van der Waals surface area contributed by atoms with Gasteiger partial charge in [0.15, 0.2) is 0 Å². The summed E-state index contributed by atoms with van der Waals surface area (Å²) in [4.78, 5) is 19.3. The van der Waals surface area contributed by atoms with Crippen LogP contribution in [0, 0.1) is 12.7 Å². The molecule has 1 aromatic heterocycles. The average molecular weight is 397 g/mol. The van der Waals surface area contributed by atoms with Gasteiger partial charge in [-0.15, -0.1) is 0 Å². The highest BCUT2D eigenvalue weighted by Gasteiger charge is 2.42. The van der Waals surface area contributed by atoms with Crippen LogP contribution >= 0.6 is 0 Å². The summed E-state index contributed by atoms with van der Waals surface area (Å²) >= 11 is 0. The minimum Gasteiger partial charge on any atom is -0.370 e. The Hall–Kier alpha value is -2.31. The lowest BCUT2D eigenvalue weighted by Gasteiger charge is -2.39. The van der Waals surface area contributed by atoms with E-state index in [9.17, 15) is 9.18 Å². The van der Waals surface area contributed by atoms with Crippen LogP contribution in [0.15, 0.2) is 42.5 Å². The third-order valence-electron chi connectivity index (χ3n) is 6.01. The normalized spacial score (nSPS) is 21.4. The van der Waals surface area contributed by atoms with Gasteiger partial charge in [0.25, 0.3) is 5.91 Å². The molecule has 1 atom stereocenters. The van der Waals surface area contributed by atoms with Crippen molar-refractivity contribution in [2.45, 2.75) is 50.9 Å². The second-order valence-corrected chi connectivity index (χ2v) is 8.23. The molecule has 0 bridgehead atoms. The van der Waals surface area contributed by atoms with Gasteiger partial charge in [-0.1, -0.05) is 12.1 Å². The van der Waals surface area contributed by atoms with Gasteiger partial charge in [0.05, 0.1) is 17.4 Å². The van der Waals surface area contributed by atoms with Crippen molar-refractivity contribution in [3.8, 4) is 0 Å². The Labute approximate surface area is 171 Å². The lowest BCUT2D eigenvalue weighted by Crippen LogP contribution is -2.45. The van der Waals surface area contributed by atoms with Gasteiger partial charge in [-0.3, -0.25) is 14.7 Å². The third-order valence-corrected chi connectivity index (χ3v) is 6.01. The predicted molar refractivity (Wildman–Crippen MR) is 109 cm³/mol. The smallest absolute Gasteiger partial charge is 0.251 e. The molecule has 6 heteroatoms. The zero-order valence-corrected chi connectivity index (χ0v) is 16.9. The van der Waals surface area contributed by atoms with Crippen LogP contribution in [-0.2, 0) is 11.3 Å². The summed E-state index contributed by atoms with van der Waals surface area (Å²) in [7, 11) is 0.